The molecule has 1 aliphatic heterocycles. The summed E-state index contributed by atoms with van der Waals surface area (Å²) in [6.07, 6.45) is 0. The third-order valence-electron chi connectivity index (χ3n) is 5.33. The third kappa shape index (κ3) is 4.12. The predicted octanol–water partition coefficient (Wildman–Crippen LogP) is 3.49. The van der Waals surface area contributed by atoms with E-state index in [4.69, 9.17) is 4.74 Å². The van der Waals surface area contributed by atoms with Crippen molar-refractivity contribution in [3.63, 3.8) is 0 Å². The van der Waals surface area contributed by atoms with Crippen LogP contribution in [0, 0.1) is 5.82 Å². The van der Waals surface area contributed by atoms with Crippen LogP contribution in [-0.4, -0.2) is 50.9 Å². The maximum atomic E-state index is 13.6. The average Bonchev–Trinajstić information content (AvgIpc) is 2.74. The number of piperazine rings is 1. The molecule has 0 N–H and O–H groups in total. The Hall–Kier alpha value is -2.48. The maximum Gasteiger partial charge on any atom is 0.243 e. The van der Waals surface area contributed by atoms with Gasteiger partial charge in [0.15, 0.2) is 0 Å². The number of benzene rings is 3. The Morgan fingerprint density at radius 2 is 1.66 bits per heavy atom. The van der Waals surface area contributed by atoms with Gasteiger partial charge in [0.2, 0.25) is 10.0 Å². The molecule has 7 heteroatoms. The molecule has 1 aliphatic rings. The van der Waals surface area contributed by atoms with Crippen LogP contribution in [0.25, 0.3) is 10.8 Å². The molecule has 1 saturated heterocycles. The predicted molar refractivity (Wildman–Crippen MR) is 111 cm³/mol. The molecule has 0 aromatic heterocycles. The van der Waals surface area contributed by atoms with Crippen molar-refractivity contribution in [3.05, 3.63) is 72.0 Å². The number of rotatable bonds is 5. The van der Waals surface area contributed by atoms with Gasteiger partial charge in [-0.05, 0) is 41.1 Å². The largest absolute Gasteiger partial charge is 0.496 e. The molecule has 0 atom stereocenters. The lowest BCUT2D eigenvalue weighted by atomic mass is 10.1. The molecule has 3 aromatic carbocycles. The van der Waals surface area contributed by atoms with Crippen LogP contribution >= 0.6 is 0 Å². The molecule has 29 heavy (non-hydrogen) atoms. The second kappa shape index (κ2) is 8.10. The van der Waals surface area contributed by atoms with Gasteiger partial charge in [-0.15, -0.1) is 0 Å². The summed E-state index contributed by atoms with van der Waals surface area (Å²) in [4.78, 5) is 2.43. The lowest BCUT2D eigenvalue weighted by Gasteiger charge is -2.34. The second-order valence-electron chi connectivity index (χ2n) is 7.15. The van der Waals surface area contributed by atoms with Crippen LogP contribution in [0.15, 0.2) is 65.6 Å². The number of nitrogens with zero attached hydrogens (tertiary/aromatic N) is 2. The van der Waals surface area contributed by atoms with E-state index in [9.17, 15) is 12.8 Å². The SMILES string of the molecule is COc1ccc(F)cc1CN1CCN(S(=O)(=O)c2ccc3ccccc3c2)CC1. The topological polar surface area (TPSA) is 49.9 Å². The molecule has 1 heterocycles. The first-order valence-corrected chi connectivity index (χ1v) is 10.9. The van der Waals surface area contributed by atoms with E-state index in [1.54, 1.807) is 25.3 Å². The fourth-order valence-electron chi connectivity index (χ4n) is 3.72. The van der Waals surface area contributed by atoms with Crippen LogP contribution < -0.4 is 4.74 Å². The minimum atomic E-state index is -3.55. The molecule has 0 aliphatic carbocycles. The molecule has 0 unspecified atom stereocenters. The van der Waals surface area contributed by atoms with E-state index < -0.39 is 10.0 Å². The van der Waals surface area contributed by atoms with Gasteiger partial charge >= 0.3 is 0 Å². The minimum Gasteiger partial charge on any atom is -0.496 e. The smallest absolute Gasteiger partial charge is 0.243 e. The summed E-state index contributed by atoms with van der Waals surface area (Å²) in [7, 11) is -1.99. The monoisotopic (exact) mass is 414 g/mol. The quantitative estimate of drug-likeness (QED) is 0.641. The van der Waals surface area contributed by atoms with E-state index in [1.165, 1.54) is 16.4 Å². The highest BCUT2D eigenvalue weighted by atomic mass is 32.2. The Morgan fingerprint density at radius 1 is 0.931 bits per heavy atom. The minimum absolute atomic E-state index is 0.307. The van der Waals surface area contributed by atoms with Crippen LogP contribution in [0.3, 0.4) is 0 Å². The molecule has 152 valence electrons. The van der Waals surface area contributed by atoms with Crippen molar-refractivity contribution >= 4 is 20.8 Å². The van der Waals surface area contributed by atoms with Gasteiger partial charge in [-0.1, -0.05) is 30.3 Å². The lowest BCUT2D eigenvalue weighted by molar-refractivity contribution is 0.180. The number of sulfonamides is 1. The van der Waals surface area contributed by atoms with Crippen molar-refractivity contribution in [2.75, 3.05) is 33.3 Å². The molecule has 0 spiro atoms. The van der Waals surface area contributed by atoms with Crippen LogP contribution in [0.4, 0.5) is 4.39 Å². The zero-order chi connectivity index (χ0) is 20.4. The van der Waals surface area contributed by atoms with E-state index in [0.29, 0.717) is 43.4 Å². The molecule has 5 nitrogen and oxygen atoms in total. The van der Waals surface area contributed by atoms with E-state index in [2.05, 4.69) is 4.90 Å². The molecule has 0 bridgehead atoms. The van der Waals surface area contributed by atoms with Gasteiger partial charge in [-0.25, -0.2) is 12.8 Å². The van der Waals surface area contributed by atoms with Crippen LogP contribution in [-0.2, 0) is 16.6 Å². The van der Waals surface area contributed by atoms with E-state index in [0.717, 1.165) is 16.3 Å². The number of hydrogen-bond acceptors (Lipinski definition) is 4. The van der Waals surface area contributed by atoms with Gasteiger partial charge in [0.25, 0.3) is 0 Å². The molecule has 3 aromatic rings. The summed E-state index contributed by atoms with van der Waals surface area (Å²) < 4.78 is 46.6. The Morgan fingerprint density at radius 3 is 2.38 bits per heavy atom. The molecular formula is C22H23FN2O3S. The van der Waals surface area contributed by atoms with Crippen LogP contribution in [0.1, 0.15) is 5.56 Å². The summed E-state index contributed by atoms with van der Waals surface area (Å²) in [5.41, 5.74) is 0.762. The number of ether oxygens (including phenoxy) is 1. The molecule has 4 rings (SSSR count). The first-order valence-electron chi connectivity index (χ1n) is 9.51. The van der Waals surface area contributed by atoms with Gasteiger partial charge in [0.05, 0.1) is 12.0 Å². The zero-order valence-corrected chi connectivity index (χ0v) is 17.0. The summed E-state index contributed by atoms with van der Waals surface area (Å²) in [5, 5.41) is 1.92. The number of halogens is 1. The van der Waals surface area contributed by atoms with E-state index >= 15 is 0 Å². The normalized spacial score (nSPS) is 16.2. The first kappa shape index (κ1) is 19.8. The van der Waals surface area contributed by atoms with Gasteiger partial charge in [0.1, 0.15) is 11.6 Å². The highest BCUT2D eigenvalue weighted by molar-refractivity contribution is 7.89. The maximum absolute atomic E-state index is 13.6. The van der Waals surface area contributed by atoms with Gasteiger partial charge in [-0.3, -0.25) is 4.90 Å². The molecule has 1 fully saturated rings. The Bertz CT molecular complexity index is 1130. The third-order valence-corrected chi connectivity index (χ3v) is 7.22. The fraction of sp³-hybridized carbons (Fsp3) is 0.273. The summed E-state index contributed by atoms with van der Waals surface area (Å²) in [6, 6.07) is 17.4. The summed E-state index contributed by atoms with van der Waals surface area (Å²) in [5.74, 6) is 0.330. The summed E-state index contributed by atoms with van der Waals surface area (Å²) in [6.45, 7) is 2.46. The molecule has 0 amide bonds. The van der Waals surface area contributed by atoms with Crippen molar-refractivity contribution in [2.45, 2.75) is 11.4 Å². The number of fused-ring (bicyclic) bond motifs is 1. The standard InChI is InChI=1S/C22H23FN2O3S/c1-28-22-9-7-20(23)14-19(22)16-24-10-12-25(13-11-24)29(26,27)21-8-6-17-4-2-3-5-18(17)15-21/h2-9,14-15H,10-13,16H2,1H3. The van der Waals surface area contributed by atoms with Gasteiger partial charge in [-0.2, -0.15) is 4.31 Å². The van der Waals surface area contributed by atoms with Gasteiger partial charge < -0.3 is 4.74 Å². The Labute approximate surface area is 170 Å². The lowest BCUT2D eigenvalue weighted by Crippen LogP contribution is -2.48. The fourth-order valence-corrected chi connectivity index (χ4v) is 5.17. The van der Waals surface area contributed by atoms with E-state index in [-0.39, 0.29) is 5.82 Å². The van der Waals surface area contributed by atoms with Crippen molar-refractivity contribution in [1.82, 2.24) is 9.21 Å². The molecule has 0 radical (unpaired) electrons. The van der Waals surface area contributed by atoms with Crippen LogP contribution in [0.5, 0.6) is 5.75 Å². The van der Waals surface area contributed by atoms with Gasteiger partial charge in [0, 0.05) is 38.3 Å². The van der Waals surface area contributed by atoms with Crippen LogP contribution in [0.2, 0.25) is 0 Å². The molecular weight excluding hydrogens is 391 g/mol. The highest BCUT2D eigenvalue weighted by Crippen LogP contribution is 2.25. The first-order chi connectivity index (χ1) is 14.0. The number of methoxy groups -OCH3 is 1. The van der Waals surface area contributed by atoms with Crippen molar-refractivity contribution < 1.29 is 17.5 Å². The Balaban J connectivity index is 1.46. The Kier molecular flexibility index (Phi) is 5.54. The molecule has 0 saturated carbocycles. The zero-order valence-electron chi connectivity index (χ0n) is 16.2. The van der Waals surface area contributed by atoms with Crippen molar-refractivity contribution in [2.24, 2.45) is 0 Å². The number of hydrogen-bond donors (Lipinski definition) is 0. The average molecular weight is 415 g/mol. The second-order valence-corrected chi connectivity index (χ2v) is 9.08. The summed E-state index contributed by atoms with van der Waals surface area (Å²) >= 11 is 0. The highest BCUT2D eigenvalue weighted by Gasteiger charge is 2.29. The van der Waals surface area contributed by atoms with E-state index in [1.807, 2.05) is 30.3 Å². The van der Waals surface area contributed by atoms with Crippen molar-refractivity contribution in [1.29, 1.82) is 0 Å². The van der Waals surface area contributed by atoms with Crippen molar-refractivity contribution in [3.8, 4) is 5.75 Å².